The lowest BCUT2D eigenvalue weighted by atomic mass is 9.81. The van der Waals surface area contributed by atoms with Gasteiger partial charge in [-0.05, 0) is 56.7 Å². The van der Waals surface area contributed by atoms with Gasteiger partial charge in [-0.25, -0.2) is 4.79 Å². The van der Waals surface area contributed by atoms with Gasteiger partial charge >= 0.3 is 5.97 Å². The second-order valence-corrected chi connectivity index (χ2v) is 10.9. The summed E-state index contributed by atoms with van der Waals surface area (Å²) in [7, 11) is 1.44. The molecular formula is C31H35N3O3. The zero-order chi connectivity index (χ0) is 25.7. The average molecular weight is 498 g/mol. The van der Waals surface area contributed by atoms with E-state index in [1.165, 1.54) is 61.4 Å². The molecule has 1 aliphatic carbocycles. The third-order valence-electron chi connectivity index (χ3n) is 8.14. The lowest BCUT2D eigenvalue weighted by molar-refractivity contribution is 0.0600. The van der Waals surface area contributed by atoms with Crippen molar-refractivity contribution in [2.24, 2.45) is 0 Å². The molecule has 2 aromatic heterocycles. The number of carbonyl (C=O) groups excluding carboxylic acids is 2. The zero-order valence-electron chi connectivity index (χ0n) is 22.0. The van der Waals surface area contributed by atoms with Gasteiger partial charge in [-0.3, -0.25) is 4.79 Å². The number of ether oxygens (including phenoxy) is 1. The first-order chi connectivity index (χ1) is 18.0. The summed E-state index contributed by atoms with van der Waals surface area (Å²) in [5, 5.41) is 5.32. The Morgan fingerprint density at radius 2 is 1.81 bits per heavy atom. The highest BCUT2D eigenvalue weighted by Gasteiger charge is 2.30. The zero-order valence-corrected chi connectivity index (χ0v) is 22.0. The second kappa shape index (κ2) is 9.40. The topological polar surface area (TPSA) is 65.3 Å². The summed E-state index contributed by atoms with van der Waals surface area (Å²) in [4.78, 5) is 25.6. The second-order valence-electron chi connectivity index (χ2n) is 10.9. The minimum atomic E-state index is -0.306. The predicted octanol–water partition coefficient (Wildman–Crippen LogP) is 6.64. The van der Waals surface area contributed by atoms with E-state index < -0.39 is 0 Å². The number of aryl methyl sites for hydroxylation is 2. The van der Waals surface area contributed by atoms with Gasteiger partial charge in [-0.15, -0.1) is 0 Å². The quantitative estimate of drug-likeness (QED) is 0.322. The van der Waals surface area contributed by atoms with Crippen LogP contribution in [0, 0.1) is 0 Å². The Morgan fingerprint density at radius 1 is 1.00 bits per heavy atom. The molecule has 37 heavy (non-hydrogen) atoms. The van der Waals surface area contributed by atoms with Gasteiger partial charge in [0.1, 0.15) is 0 Å². The first-order valence-electron chi connectivity index (χ1n) is 13.7. The van der Waals surface area contributed by atoms with E-state index >= 15 is 0 Å². The van der Waals surface area contributed by atoms with Crippen molar-refractivity contribution in [1.82, 2.24) is 14.5 Å². The molecule has 6 nitrogen and oxygen atoms in total. The molecule has 1 amide bonds. The van der Waals surface area contributed by atoms with Crippen LogP contribution in [0.1, 0.15) is 84.6 Å². The number of hydrogen-bond acceptors (Lipinski definition) is 3. The van der Waals surface area contributed by atoms with Gasteiger partial charge in [0.25, 0.3) is 5.91 Å². The molecule has 1 fully saturated rings. The molecule has 2 aromatic carbocycles. The lowest BCUT2D eigenvalue weighted by Gasteiger charge is -2.25. The van der Waals surface area contributed by atoms with Crippen LogP contribution in [0.5, 0.6) is 0 Å². The number of aromatic nitrogens is 2. The summed E-state index contributed by atoms with van der Waals surface area (Å²) in [5.41, 5.74) is 7.39. The summed E-state index contributed by atoms with van der Waals surface area (Å²) >= 11 is 0. The van der Waals surface area contributed by atoms with E-state index in [-0.39, 0.29) is 17.9 Å². The number of nitrogens with one attached hydrogen (secondary N) is 1. The van der Waals surface area contributed by atoms with Crippen molar-refractivity contribution in [3.05, 3.63) is 59.3 Å². The van der Waals surface area contributed by atoms with Crippen molar-refractivity contribution >= 4 is 33.7 Å². The summed E-state index contributed by atoms with van der Waals surface area (Å²) in [5.74, 6) is 0.156. The average Bonchev–Trinajstić information content (AvgIpc) is 3.43. The number of benzene rings is 2. The third kappa shape index (κ3) is 3.94. The van der Waals surface area contributed by atoms with Crippen LogP contribution in [0.15, 0.2) is 42.6 Å². The van der Waals surface area contributed by atoms with Crippen LogP contribution in [0.25, 0.3) is 33.1 Å². The van der Waals surface area contributed by atoms with Crippen LogP contribution in [-0.4, -0.2) is 34.2 Å². The number of nitrogens with zero attached hydrogens (tertiary/aromatic N) is 2. The van der Waals surface area contributed by atoms with Crippen molar-refractivity contribution in [1.29, 1.82) is 0 Å². The molecule has 4 aromatic rings. The Hall–Kier alpha value is -3.54. The molecule has 0 atom stereocenters. The van der Waals surface area contributed by atoms with E-state index in [1.807, 2.05) is 32.2 Å². The molecule has 1 saturated carbocycles. The fourth-order valence-corrected chi connectivity index (χ4v) is 6.60. The fourth-order valence-electron chi connectivity index (χ4n) is 6.60. The summed E-state index contributed by atoms with van der Waals surface area (Å²) < 4.78 is 9.77. The smallest absolute Gasteiger partial charge is 0.337 e. The van der Waals surface area contributed by atoms with E-state index in [1.54, 1.807) is 0 Å². The van der Waals surface area contributed by atoms with Gasteiger partial charge in [0.15, 0.2) is 0 Å². The molecule has 1 aliphatic heterocycles. The van der Waals surface area contributed by atoms with Gasteiger partial charge in [-0.2, -0.15) is 0 Å². The largest absolute Gasteiger partial charge is 0.465 e. The Labute approximate surface area is 217 Å². The van der Waals surface area contributed by atoms with E-state index in [0.29, 0.717) is 11.5 Å². The van der Waals surface area contributed by atoms with Crippen LogP contribution < -0.4 is 5.32 Å². The highest BCUT2D eigenvalue weighted by molar-refractivity contribution is 6.11. The molecule has 2 aliphatic rings. The summed E-state index contributed by atoms with van der Waals surface area (Å²) in [6, 6.07) is 12.5. The predicted molar refractivity (Wildman–Crippen MR) is 147 cm³/mol. The van der Waals surface area contributed by atoms with E-state index in [0.717, 1.165) is 41.5 Å². The van der Waals surface area contributed by atoms with Gasteiger partial charge in [0.05, 0.1) is 29.4 Å². The van der Waals surface area contributed by atoms with Crippen molar-refractivity contribution in [3.63, 3.8) is 0 Å². The number of para-hydroxylation sites is 1. The standard InChI is InChI=1S/C31H35N3O3/c1-19(2)32-30(35)25-18-33-15-8-16-34-26-17-21(31(36)37-3)13-14-23(26)27(20-9-5-4-6-10-20)29(34)24-12-7-11-22(25)28(24)33/h7,11-14,17-20H,4-6,8-10,15-16H2,1-3H3,(H,32,35). The maximum absolute atomic E-state index is 13.2. The molecule has 0 radical (unpaired) electrons. The monoisotopic (exact) mass is 497 g/mol. The van der Waals surface area contributed by atoms with Gasteiger partial charge in [-0.1, -0.05) is 43.5 Å². The number of fused-ring (bicyclic) bond motifs is 4. The SMILES string of the molecule is COC(=O)c1ccc2c(C3CCCCC3)c3n(c2c1)CCCn1cc(C(=O)NC(C)C)c2cccc-3c21. The third-order valence-corrected chi connectivity index (χ3v) is 8.14. The minimum Gasteiger partial charge on any atom is -0.465 e. The molecule has 0 bridgehead atoms. The molecule has 6 heteroatoms. The van der Waals surface area contributed by atoms with Crippen molar-refractivity contribution < 1.29 is 14.3 Å². The molecule has 0 spiro atoms. The summed E-state index contributed by atoms with van der Waals surface area (Å²) in [6.45, 7) is 5.67. The number of carbonyl (C=O) groups is 2. The van der Waals surface area contributed by atoms with Crippen LogP contribution in [0.4, 0.5) is 0 Å². The Morgan fingerprint density at radius 3 is 2.57 bits per heavy atom. The van der Waals surface area contributed by atoms with E-state index in [2.05, 4.69) is 38.7 Å². The van der Waals surface area contributed by atoms with Gasteiger partial charge < -0.3 is 19.2 Å². The number of methoxy groups -OCH3 is 1. The van der Waals surface area contributed by atoms with Crippen LogP contribution in [-0.2, 0) is 17.8 Å². The Kier molecular flexibility index (Phi) is 6.06. The van der Waals surface area contributed by atoms with E-state index in [4.69, 9.17) is 4.74 Å². The number of rotatable bonds is 4. The molecular weight excluding hydrogens is 462 g/mol. The Balaban J connectivity index is 1.65. The fraction of sp³-hybridized carbons (Fsp3) is 0.419. The molecule has 192 valence electrons. The number of amides is 1. The molecule has 6 rings (SSSR count). The van der Waals surface area contributed by atoms with Crippen LogP contribution in [0.3, 0.4) is 0 Å². The normalized spacial score (nSPS) is 16.0. The highest BCUT2D eigenvalue weighted by atomic mass is 16.5. The maximum Gasteiger partial charge on any atom is 0.337 e. The molecule has 0 unspecified atom stereocenters. The van der Waals surface area contributed by atoms with Crippen molar-refractivity contribution in [3.8, 4) is 11.3 Å². The first-order valence-corrected chi connectivity index (χ1v) is 13.7. The number of esters is 1. The van der Waals surface area contributed by atoms with Gasteiger partial charge in [0, 0.05) is 47.2 Å². The maximum atomic E-state index is 13.2. The number of hydrogen-bond donors (Lipinski definition) is 1. The van der Waals surface area contributed by atoms with Crippen LogP contribution >= 0.6 is 0 Å². The van der Waals surface area contributed by atoms with Gasteiger partial charge in [0.2, 0.25) is 0 Å². The Bertz CT molecular complexity index is 1520. The molecule has 1 N–H and O–H groups in total. The minimum absolute atomic E-state index is 0.0223. The highest BCUT2D eigenvalue weighted by Crippen LogP contribution is 2.47. The molecule has 3 heterocycles. The molecule has 0 saturated heterocycles. The first kappa shape index (κ1) is 23.8. The van der Waals surface area contributed by atoms with Crippen molar-refractivity contribution in [2.75, 3.05) is 7.11 Å². The summed E-state index contributed by atoms with van der Waals surface area (Å²) in [6.07, 6.45) is 9.14. The van der Waals surface area contributed by atoms with Crippen molar-refractivity contribution in [2.45, 2.75) is 77.4 Å². The van der Waals surface area contributed by atoms with Crippen LogP contribution in [0.2, 0.25) is 0 Å². The lowest BCUT2D eigenvalue weighted by Crippen LogP contribution is -2.29. The van der Waals surface area contributed by atoms with E-state index in [9.17, 15) is 9.59 Å².